The van der Waals surface area contributed by atoms with Crippen LogP contribution in [0.4, 0.5) is 14.9 Å². The zero-order valence-corrected chi connectivity index (χ0v) is 15.5. The minimum absolute atomic E-state index is 0.137. The highest BCUT2D eigenvalue weighted by atomic mass is 32.2. The largest absolute Gasteiger partial charge is 0.447 e. The molecule has 0 saturated heterocycles. The molecule has 0 saturated carbocycles. The molecule has 25 heavy (non-hydrogen) atoms. The molecule has 2 N–H and O–H groups in total. The summed E-state index contributed by atoms with van der Waals surface area (Å²) in [7, 11) is -2.72. The lowest BCUT2D eigenvalue weighted by molar-refractivity contribution is 0.0978. The van der Waals surface area contributed by atoms with E-state index in [1.807, 2.05) is 4.72 Å². The first kappa shape index (κ1) is 20.8. The lowest BCUT2D eigenvalue weighted by atomic mass is 10.2. The Morgan fingerprint density at radius 3 is 2.32 bits per heavy atom. The third kappa shape index (κ3) is 5.98. The first-order valence-corrected chi connectivity index (χ1v) is 8.95. The van der Waals surface area contributed by atoms with Crippen LogP contribution in [0.3, 0.4) is 0 Å². The molecule has 0 aliphatic rings. The molecule has 8 nitrogen and oxygen atoms in total. The number of nitrogens with zero attached hydrogens (tertiary/aromatic N) is 1. The van der Waals surface area contributed by atoms with Gasteiger partial charge in [0.25, 0.3) is 5.91 Å². The summed E-state index contributed by atoms with van der Waals surface area (Å²) in [5, 5.41) is 2.16. The maximum Gasteiger partial charge on any atom is 0.411 e. The SMILES string of the molecule is CC(C)OC(=O)Nc1cc(C(=O)NS(=O)(=O)N(C)C(C)C)ccc1F. The van der Waals surface area contributed by atoms with E-state index >= 15 is 0 Å². The van der Waals surface area contributed by atoms with Gasteiger partial charge in [-0.25, -0.2) is 13.9 Å². The topological polar surface area (TPSA) is 105 Å². The zero-order chi connectivity index (χ0) is 19.4. The summed E-state index contributed by atoms with van der Waals surface area (Å²) in [6.45, 7) is 6.53. The van der Waals surface area contributed by atoms with E-state index in [0.717, 1.165) is 22.5 Å². The van der Waals surface area contributed by atoms with E-state index in [1.165, 1.54) is 7.05 Å². The molecule has 0 fully saturated rings. The van der Waals surface area contributed by atoms with Crippen LogP contribution in [0.5, 0.6) is 0 Å². The second-order valence-corrected chi connectivity index (χ2v) is 7.55. The molecule has 0 heterocycles. The molecule has 0 atom stereocenters. The quantitative estimate of drug-likeness (QED) is 0.792. The van der Waals surface area contributed by atoms with Crippen LogP contribution < -0.4 is 10.0 Å². The van der Waals surface area contributed by atoms with E-state index in [-0.39, 0.29) is 17.3 Å². The zero-order valence-electron chi connectivity index (χ0n) is 14.7. The lowest BCUT2D eigenvalue weighted by Crippen LogP contribution is -2.44. The van der Waals surface area contributed by atoms with Gasteiger partial charge in [0.1, 0.15) is 5.82 Å². The molecule has 0 aromatic heterocycles. The van der Waals surface area contributed by atoms with Gasteiger partial charge in [0, 0.05) is 18.7 Å². The van der Waals surface area contributed by atoms with Crippen molar-refractivity contribution in [2.75, 3.05) is 12.4 Å². The molecule has 0 unspecified atom stereocenters. The van der Waals surface area contributed by atoms with Crippen molar-refractivity contribution in [1.29, 1.82) is 0 Å². The highest BCUT2D eigenvalue weighted by molar-refractivity contribution is 7.87. The number of carbonyl (C=O) groups is 2. The van der Waals surface area contributed by atoms with Crippen LogP contribution in [0.2, 0.25) is 0 Å². The van der Waals surface area contributed by atoms with Gasteiger partial charge in [-0.2, -0.15) is 12.7 Å². The molecule has 1 aromatic rings. The predicted molar refractivity (Wildman–Crippen MR) is 90.9 cm³/mol. The third-order valence-corrected chi connectivity index (χ3v) is 4.76. The molecular formula is C15H22FN3O5S. The van der Waals surface area contributed by atoms with E-state index in [0.29, 0.717) is 0 Å². The number of hydrogen-bond acceptors (Lipinski definition) is 5. The lowest BCUT2D eigenvalue weighted by Gasteiger charge is -2.21. The van der Waals surface area contributed by atoms with Crippen molar-refractivity contribution in [2.45, 2.75) is 39.8 Å². The van der Waals surface area contributed by atoms with Gasteiger partial charge >= 0.3 is 16.3 Å². The number of benzene rings is 1. The van der Waals surface area contributed by atoms with Gasteiger partial charge in [0.2, 0.25) is 0 Å². The van der Waals surface area contributed by atoms with Crippen molar-refractivity contribution < 1.29 is 27.1 Å². The Balaban J connectivity index is 2.98. The number of rotatable bonds is 6. The van der Waals surface area contributed by atoms with E-state index in [4.69, 9.17) is 4.74 Å². The van der Waals surface area contributed by atoms with Crippen molar-refractivity contribution in [3.05, 3.63) is 29.6 Å². The van der Waals surface area contributed by atoms with E-state index in [1.54, 1.807) is 27.7 Å². The van der Waals surface area contributed by atoms with Crippen LogP contribution in [-0.2, 0) is 14.9 Å². The van der Waals surface area contributed by atoms with E-state index in [9.17, 15) is 22.4 Å². The fourth-order valence-corrected chi connectivity index (χ4v) is 2.69. The Morgan fingerprint density at radius 2 is 1.80 bits per heavy atom. The summed E-state index contributed by atoms with van der Waals surface area (Å²) in [4.78, 5) is 23.7. The molecule has 2 amide bonds. The van der Waals surface area contributed by atoms with E-state index < -0.39 is 34.1 Å². The normalized spacial score (nSPS) is 11.7. The van der Waals surface area contributed by atoms with Crippen LogP contribution in [0.25, 0.3) is 0 Å². The number of amides is 2. The molecule has 0 radical (unpaired) electrons. The standard InChI is InChI=1S/C15H22FN3O5S/c1-9(2)19(5)25(22,23)18-14(20)11-6-7-12(16)13(8-11)17-15(21)24-10(3)4/h6-10H,1-5H3,(H,17,21)(H,18,20). The average molecular weight is 375 g/mol. The molecular weight excluding hydrogens is 353 g/mol. The van der Waals surface area contributed by atoms with Gasteiger partial charge in [0.15, 0.2) is 0 Å². The van der Waals surface area contributed by atoms with Crippen molar-refractivity contribution in [3.8, 4) is 0 Å². The van der Waals surface area contributed by atoms with E-state index in [2.05, 4.69) is 5.32 Å². The Kier molecular flexibility index (Phi) is 6.88. The number of ether oxygens (including phenoxy) is 1. The van der Waals surface area contributed by atoms with Gasteiger partial charge in [-0.1, -0.05) is 0 Å². The number of nitrogens with one attached hydrogen (secondary N) is 2. The Morgan fingerprint density at radius 1 is 1.20 bits per heavy atom. The Bertz CT molecular complexity index is 750. The molecule has 10 heteroatoms. The van der Waals surface area contributed by atoms with Crippen LogP contribution >= 0.6 is 0 Å². The fourth-order valence-electron chi connectivity index (χ4n) is 1.64. The number of carbonyl (C=O) groups excluding carboxylic acids is 2. The summed E-state index contributed by atoms with van der Waals surface area (Å²) in [5.41, 5.74) is -0.435. The number of anilines is 1. The maximum atomic E-state index is 13.8. The molecule has 1 aromatic carbocycles. The van der Waals surface area contributed by atoms with Crippen molar-refractivity contribution in [1.82, 2.24) is 9.03 Å². The predicted octanol–water partition coefficient (Wildman–Crippen LogP) is 2.10. The second-order valence-electron chi connectivity index (χ2n) is 5.82. The summed E-state index contributed by atoms with van der Waals surface area (Å²) in [5.74, 6) is -1.74. The Hall–Kier alpha value is -2.20. The fraction of sp³-hybridized carbons (Fsp3) is 0.467. The third-order valence-electron chi connectivity index (χ3n) is 3.14. The highest BCUT2D eigenvalue weighted by Gasteiger charge is 2.24. The first-order chi connectivity index (χ1) is 11.4. The van der Waals surface area contributed by atoms with Crippen LogP contribution in [0, 0.1) is 5.82 Å². The van der Waals surface area contributed by atoms with Crippen LogP contribution in [0.1, 0.15) is 38.1 Å². The maximum absolute atomic E-state index is 13.8. The minimum Gasteiger partial charge on any atom is -0.447 e. The minimum atomic E-state index is -4.04. The first-order valence-electron chi connectivity index (χ1n) is 7.51. The molecule has 0 spiro atoms. The second kappa shape index (κ2) is 8.26. The van der Waals surface area contributed by atoms with Gasteiger partial charge in [-0.3, -0.25) is 10.1 Å². The van der Waals surface area contributed by atoms with Crippen molar-refractivity contribution in [3.63, 3.8) is 0 Å². The van der Waals surface area contributed by atoms with Crippen LogP contribution in [0.15, 0.2) is 18.2 Å². The summed E-state index contributed by atoms with van der Waals surface area (Å²) >= 11 is 0. The monoisotopic (exact) mass is 375 g/mol. The molecule has 0 aliphatic carbocycles. The molecule has 1 rings (SSSR count). The highest BCUT2D eigenvalue weighted by Crippen LogP contribution is 2.17. The molecule has 140 valence electrons. The molecule has 0 aliphatic heterocycles. The van der Waals surface area contributed by atoms with Gasteiger partial charge < -0.3 is 4.74 Å². The smallest absolute Gasteiger partial charge is 0.411 e. The van der Waals surface area contributed by atoms with Crippen molar-refractivity contribution in [2.24, 2.45) is 0 Å². The van der Waals surface area contributed by atoms with Gasteiger partial charge in [-0.15, -0.1) is 0 Å². The van der Waals surface area contributed by atoms with Gasteiger partial charge in [-0.05, 0) is 45.9 Å². The average Bonchev–Trinajstić information content (AvgIpc) is 2.47. The van der Waals surface area contributed by atoms with Crippen LogP contribution in [-0.4, -0.2) is 43.9 Å². The summed E-state index contributed by atoms with van der Waals surface area (Å²) < 4.78 is 45.5. The summed E-state index contributed by atoms with van der Waals surface area (Å²) in [6.07, 6.45) is -1.30. The number of halogens is 1. The molecule has 0 bridgehead atoms. The summed E-state index contributed by atoms with van der Waals surface area (Å²) in [6, 6.07) is 2.71. The van der Waals surface area contributed by atoms with Gasteiger partial charge in [0.05, 0.1) is 11.8 Å². The Labute approximate surface area is 146 Å². The number of hydrogen-bond donors (Lipinski definition) is 2. The van der Waals surface area contributed by atoms with Crippen molar-refractivity contribution >= 4 is 27.9 Å².